The highest BCUT2D eigenvalue weighted by Gasteiger charge is 2.35. The standard InChI is InChI=1S/C27H32N6O2/c1-3-25(34)33-16-15-31(18-21(33)12-13-28)26-22-11-10-20(17-23(22)29-27(30-26)35-2)32-14-6-8-19-7-4-5-9-24(19)32/h3-5,7,9,20-21H,1,6,8,10-12,14-18H2,2H3/t20-,21+/m1/s1. The molecular formula is C27H32N6O2. The fourth-order valence-corrected chi connectivity index (χ4v) is 5.85. The lowest BCUT2D eigenvalue weighted by Gasteiger charge is -2.43. The van der Waals surface area contributed by atoms with Gasteiger partial charge in [0.2, 0.25) is 5.91 Å². The first kappa shape index (κ1) is 23.2. The number of anilines is 2. The van der Waals surface area contributed by atoms with Crippen molar-refractivity contribution in [3.63, 3.8) is 0 Å². The summed E-state index contributed by atoms with van der Waals surface area (Å²) in [7, 11) is 1.60. The van der Waals surface area contributed by atoms with Crippen molar-refractivity contribution in [3.05, 3.63) is 53.7 Å². The number of hydrogen-bond acceptors (Lipinski definition) is 7. The molecule has 1 fully saturated rings. The Morgan fingerprint density at radius 3 is 2.91 bits per heavy atom. The minimum absolute atomic E-state index is 0.128. The fourth-order valence-electron chi connectivity index (χ4n) is 5.85. The third-order valence-electron chi connectivity index (χ3n) is 7.54. The largest absolute Gasteiger partial charge is 0.467 e. The molecule has 0 saturated carbocycles. The van der Waals surface area contributed by atoms with E-state index in [-0.39, 0.29) is 18.4 Å². The van der Waals surface area contributed by atoms with Crippen molar-refractivity contribution in [1.82, 2.24) is 14.9 Å². The Morgan fingerprint density at radius 1 is 1.26 bits per heavy atom. The Hall–Kier alpha value is -3.60. The molecule has 1 aromatic carbocycles. The van der Waals surface area contributed by atoms with Gasteiger partial charge in [-0.3, -0.25) is 4.79 Å². The number of aromatic nitrogens is 2. The summed E-state index contributed by atoms with van der Waals surface area (Å²) < 4.78 is 5.51. The topological polar surface area (TPSA) is 85.6 Å². The summed E-state index contributed by atoms with van der Waals surface area (Å²) in [6, 6.07) is 11.6. The molecule has 2 aliphatic heterocycles. The molecule has 8 nitrogen and oxygen atoms in total. The Morgan fingerprint density at radius 2 is 2.11 bits per heavy atom. The zero-order valence-electron chi connectivity index (χ0n) is 20.3. The van der Waals surface area contributed by atoms with Gasteiger partial charge in [0, 0.05) is 49.9 Å². The maximum absolute atomic E-state index is 12.3. The van der Waals surface area contributed by atoms with Crippen LogP contribution in [0.1, 0.15) is 36.1 Å². The molecule has 1 amide bonds. The number of ether oxygens (including phenoxy) is 1. The molecule has 3 aliphatic rings. The lowest BCUT2D eigenvalue weighted by molar-refractivity contribution is -0.128. The van der Waals surface area contributed by atoms with Crippen LogP contribution in [-0.4, -0.2) is 66.1 Å². The first-order chi connectivity index (χ1) is 17.1. The Balaban J connectivity index is 1.42. The molecule has 3 heterocycles. The third-order valence-corrected chi connectivity index (χ3v) is 7.54. The summed E-state index contributed by atoms with van der Waals surface area (Å²) in [5.74, 6) is 0.759. The molecular weight excluding hydrogens is 440 g/mol. The molecule has 0 radical (unpaired) electrons. The lowest BCUT2D eigenvalue weighted by Crippen LogP contribution is -2.55. The van der Waals surface area contributed by atoms with E-state index in [0.717, 1.165) is 43.7 Å². The van der Waals surface area contributed by atoms with Crippen molar-refractivity contribution in [1.29, 1.82) is 5.26 Å². The van der Waals surface area contributed by atoms with Gasteiger partial charge in [0.15, 0.2) is 0 Å². The SMILES string of the molecule is C=CC(=O)N1CCN(c2nc(OC)nc3c2CC[C@@H](N2CCCc4ccccc42)C3)C[C@@H]1CC#N. The van der Waals surface area contributed by atoms with E-state index >= 15 is 0 Å². The van der Waals surface area contributed by atoms with Crippen molar-refractivity contribution in [3.8, 4) is 12.1 Å². The van der Waals surface area contributed by atoms with Gasteiger partial charge in [-0.2, -0.15) is 15.2 Å². The van der Waals surface area contributed by atoms with Crippen LogP contribution in [0.2, 0.25) is 0 Å². The predicted molar refractivity (Wildman–Crippen MR) is 135 cm³/mol. The second kappa shape index (κ2) is 9.95. The molecule has 1 aliphatic carbocycles. The molecule has 35 heavy (non-hydrogen) atoms. The Labute approximate surface area is 206 Å². The van der Waals surface area contributed by atoms with Crippen LogP contribution in [0.5, 0.6) is 6.01 Å². The van der Waals surface area contributed by atoms with Crippen molar-refractivity contribution >= 4 is 17.4 Å². The van der Waals surface area contributed by atoms with Gasteiger partial charge in [-0.25, -0.2) is 0 Å². The second-order valence-corrected chi connectivity index (χ2v) is 9.48. The van der Waals surface area contributed by atoms with E-state index in [1.54, 1.807) is 12.0 Å². The number of benzene rings is 1. The number of carbonyl (C=O) groups is 1. The van der Waals surface area contributed by atoms with Crippen LogP contribution in [0.25, 0.3) is 0 Å². The number of nitriles is 1. The average molecular weight is 473 g/mol. The van der Waals surface area contributed by atoms with Gasteiger partial charge in [0.1, 0.15) is 5.82 Å². The normalized spacial score (nSPS) is 21.5. The number of carbonyl (C=O) groups excluding carboxylic acids is 1. The minimum Gasteiger partial charge on any atom is -0.467 e. The molecule has 0 unspecified atom stereocenters. The van der Waals surface area contributed by atoms with Crippen LogP contribution in [-0.2, 0) is 24.1 Å². The van der Waals surface area contributed by atoms with Crippen LogP contribution >= 0.6 is 0 Å². The number of fused-ring (bicyclic) bond motifs is 2. The molecule has 2 atom stereocenters. The lowest BCUT2D eigenvalue weighted by atomic mass is 9.88. The number of amides is 1. The molecule has 8 heteroatoms. The summed E-state index contributed by atoms with van der Waals surface area (Å²) in [4.78, 5) is 28.4. The van der Waals surface area contributed by atoms with Gasteiger partial charge in [-0.05, 0) is 43.4 Å². The van der Waals surface area contributed by atoms with Crippen LogP contribution in [0.3, 0.4) is 0 Å². The first-order valence-corrected chi connectivity index (χ1v) is 12.5. The summed E-state index contributed by atoms with van der Waals surface area (Å²) in [5.41, 5.74) is 5.01. The number of rotatable bonds is 5. The number of piperazine rings is 1. The summed E-state index contributed by atoms with van der Waals surface area (Å²) in [6.07, 6.45) is 6.71. The zero-order valence-corrected chi connectivity index (χ0v) is 20.3. The van der Waals surface area contributed by atoms with E-state index in [1.165, 1.54) is 29.3 Å². The highest BCUT2D eigenvalue weighted by atomic mass is 16.5. The number of nitrogens with zero attached hydrogens (tertiary/aromatic N) is 6. The molecule has 182 valence electrons. The fraction of sp³-hybridized carbons (Fsp3) is 0.481. The Kier molecular flexibility index (Phi) is 6.58. The third kappa shape index (κ3) is 4.43. The van der Waals surface area contributed by atoms with Gasteiger partial charge in [-0.15, -0.1) is 0 Å². The smallest absolute Gasteiger partial charge is 0.318 e. The van der Waals surface area contributed by atoms with Gasteiger partial charge in [0.25, 0.3) is 0 Å². The van der Waals surface area contributed by atoms with E-state index in [4.69, 9.17) is 14.7 Å². The van der Waals surface area contributed by atoms with Crippen LogP contribution < -0.4 is 14.5 Å². The van der Waals surface area contributed by atoms with Gasteiger partial charge < -0.3 is 19.4 Å². The Bertz CT molecular complexity index is 1160. The average Bonchev–Trinajstić information content (AvgIpc) is 2.91. The van der Waals surface area contributed by atoms with Crippen LogP contribution in [0, 0.1) is 11.3 Å². The minimum atomic E-state index is -0.197. The molecule has 0 bridgehead atoms. The van der Waals surface area contributed by atoms with Crippen molar-refractivity contribution in [2.75, 3.05) is 43.1 Å². The number of aryl methyl sites for hydroxylation is 1. The summed E-state index contributed by atoms with van der Waals surface area (Å²) in [5, 5.41) is 9.36. The van der Waals surface area contributed by atoms with Crippen LogP contribution in [0.4, 0.5) is 11.5 Å². The van der Waals surface area contributed by atoms with Gasteiger partial charge in [0.05, 0.1) is 31.3 Å². The first-order valence-electron chi connectivity index (χ1n) is 12.5. The summed E-state index contributed by atoms with van der Waals surface area (Å²) in [6.45, 7) is 6.43. The molecule has 0 N–H and O–H groups in total. The van der Waals surface area contributed by atoms with Crippen LogP contribution in [0.15, 0.2) is 36.9 Å². The molecule has 1 saturated heterocycles. The van der Waals surface area contributed by atoms with E-state index in [2.05, 4.69) is 46.7 Å². The number of para-hydroxylation sites is 1. The van der Waals surface area contributed by atoms with E-state index in [9.17, 15) is 10.1 Å². The monoisotopic (exact) mass is 472 g/mol. The second-order valence-electron chi connectivity index (χ2n) is 9.48. The van der Waals surface area contributed by atoms with Gasteiger partial charge in [-0.1, -0.05) is 24.8 Å². The van der Waals surface area contributed by atoms with E-state index < -0.39 is 0 Å². The number of hydrogen-bond donors (Lipinski definition) is 0. The van der Waals surface area contributed by atoms with Crippen molar-refractivity contribution < 1.29 is 9.53 Å². The summed E-state index contributed by atoms with van der Waals surface area (Å²) >= 11 is 0. The predicted octanol–water partition coefficient (Wildman–Crippen LogP) is 2.91. The molecule has 0 spiro atoms. The van der Waals surface area contributed by atoms with E-state index in [0.29, 0.717) is 31.7 Å². The molecule has 1 aromatic heterocycles. The maximum atomic E-state index is 12.3. The molecule has 5 rings (SSSR count). The van der Waals surface area contributed by atoms with Crippen molar-refractivity contribution in [2.24, 2.45) is 0 Å². The van der Waals surface area contributed by atoms with E-state index in [1.807, 2.05) is 0 Å². The van der Waals surface area contributed by atoms with Gasteiger partial charge >= 0.3 is 6.01 Å². The highest BCUT2D eigenvalue weighted by molar-refractivity contribution is 5.87. The highest BCUT2D eigenvalue weighted by Crippen LogP contribution is 2.36. The maximum Gasteiger partial charge on any atom is 0.318 e. The number of methoxy groups -OCH3 is 1. The quantitative estimate of drug-likeness (QED) is 0.619. The molecule has 2 aromatic rings. The van der Waals surface area contributed by atoms with Crippen molar-refractivity contribution in [2.45, 2.75) is 50.6 Å². The zero-order chi connectivity index (χ0) is 24.4.